The largest absolute Gasteiger partial charge is 0.480 e. The van der Waals surface area contributed by atoms with Gasteiger partial charge in [-0.15, -0.1) is 0 Å². The zero-order valence-corrected chi connectivity index (χ0v) is 8.86. The third-order valence-electron chi connectivity index (χ3n) is 2.72. The molecule has 0 saturated heterocycles. The molecule has 16 heavy (non-hydrogen) atoms. The lowest BCUT2D eigenvalue weighted by atomic mass is 10.1. The lowest BCUT2D eigenvalue weighted by Crippen LogP contribution is -2.42. The summed E-state index contributed by atoms with van der Waals surface area (Å²) in [5.74, 6) is -1.28. The maximum atomic E-state index is 11.7. The summed E-state index contributed by atoms with van der Waals surface area (Å²) >= 11 is 0. The monoisotopic (exact) mass is 223 g/mol. The van der Waals surface area contributed by atoms with E-state index in [2.05, 4.69) is 15.5 Å². The molecule has 1 aromatic heterocycles. The van der Waals surface area contributed by atoms with Gasteiger partial charge in [-0.25, -0.2) is 4.79 Å². The summed E-state index contributed by atoms with van der Waals surface area (Å²) in [6.07, 6.45) is 3.12. The van der Waals surface area contributed by atoms with Crippen LogP contribution in [0.5, 0.6) is 0 Å². The van der Waals surface area contributed by atoms with Gasteiger partial charge in [0.1, 0.15) is 6.04 Å². The number of hydrogen-bond acceptors (Lipinski definition) is 3. The van der Waals surface area contributed by atoms with Gasteiger partial charge in [0.15, 0.2) is 0 Å². The number of amides is 1. The average molecular weight is 223 g/mol. The summed E-state index contributed by atoms with van der Waals surface area (Å²) in [5, 5.41) is 17.8. The van der Waals surface area contributed by atoms with Gasteiger partial charge < -0.3 is 10.4 Å². The first-order valence-corrected chi connectivity index (χ1v) is 5.13. The normalized spacial score (nSPS) is 16.8. The Morgan fingerprint density at radius 3 is 2.75 bits per heavy atom. The van der Waals surface area contributed by atoms with E-state index in [-0.39, 0.29) is 11.8 Å². The van der Waals surface area contributed by atoms with Crippen LogP contribution in [-0.2, 0) is 4.79 Å². The predicted octanol–water partition coefficient (Wildman–Crippen LogP) is 0.311. The number of carboxylic acid groups (broad SMARTS) is 1. The fourth-order valence-corrected chi connectivity index (χ4v) is 1.61. The van der Waals surface area contributed by atoms with Gasteiger partial charge in [-0.2, -0.15) is 5.10 Å². The van der Waals surface area contributed by atoms with Crippen LogP contribution in [0.15, 0.2) is 6.20 Å². The van der Waals surface area contributed by atoms with Crippen molar-refractivity contribution in [3.8, 4) is 0 Å². The predicted molar refractivity (Wildman–Crippen MR) is 54.9 cm³/mol. The third-order valence-corrected chi connectivity index (χ3v) is 2.72. The van der Waals surface area contributed by atoms with Crippen molar-refractivity contribution in [3.05, 3.63) is 17.5 Å². The molecule has 1 aromatic rings. The second-order valence-corrected chi connectivity index (χ2v) is 4.04. The summed E-state index contributed by atoms with van der Waals surface area (Å²) in [5.41, 5.74) is 1.03. The Balaban J connectivity index is 2.06. The quantitative estimate of drug-likeness (QED) is 0.684. The summed E-state index contributed by atoms with van der Waals surface area (Å²) in [6.45, 7) is 1.72. The molecule has 1 saturated carbocycles. The minimum Gasteiger partial charge on any atom is -0.480 e. The minimum atomic E-state index is -0.975. The second kappa shape index (κ2) is 3.96. The van der Waals surface area contributed by atoms with Crippen LogP contribution >= 0.6 is 0 Å². The number of aryl methyl sites for hydroxylation is 1. The SMILES string of the molecule is Cc1[nH]ncc1C(=O)NC(C(=O)O)C1CC1. The van der Waals surface area contributed by atoms with E-state index in [4.69, 9.17) is 5.11 Å². The molecule has 1 aliphatic carbocycles. The summed E-state index contributed by atoms with van der Waals surface area (Å²) in [6, 6.07) is -0.776. The van der Waals surface area contributed by atoms with Crippen molar-refractivity contribution < 1.29 is 14.7 Å². The van der Waals surface area contributed by atoms with Crippen LogP contribution in [0.2, 0.25) is 0 Å². The lowest BCUT2D eigenvalue weighted by Gasteiger charge is -2.12. The zero-order chi connectivity index (χ0) is 11.7. The molecule has 86 valence electrons. The van der Waals surface area contributed by atoms with E-state index < -0.39 is 12.0 Å². The van der Waals surface area contributed by atoms with Crippen LogP contribution in [0.25, 0.3) is 0 Å². The van der Waals surface area contributed by atoms with E-state index in [9.17, 15) is 9.59 Å². The van der Waals surface area contributed by atoms with E-state index >= 15 is 0 Å². The summed E-state index contributed by atoms with van der Waals surface area (Å²) in [7, 11) is 0. The van der Waals surface area contributed by atoms with Gasteiger partial charge in [-0.05, 0) is 25.7 Å². The Hall–Kier alpha value is -1.85. The average Bonchev–Trinajstić information content (AvgIpc) is 2.96. The number of carbonyl (C=O) groups excluding carboxylic acids is 1. The number of aromatic amines is 1. The molecule has 2 rings (SSSR count). The van der Waals surface area contributed by atoms with Gasteiger partial charge in [0.05, 0.1) is 11.8 Å². The van der Waals surface area contributed by atoms with Gasteiger partial charge in [-0.1, -0.05) is 0 Å². The second-order valence-electron chi connectivity index (χ2n) is 4.04. The van der Waals surface area contributed by atoms with E-state index in [0.717, 1.165) is 12.8 Å². The Kier molecular flexibility index (Phi) is 2.64. The molecular formula is C10H13N3O3. The molecule has 1 atom stereocenters. The maximum Gasteiger partial charge on any atom is 0.326 e. The fourth-order valence-electron chi connectivity index (χ4n) is 1.61. The number of nitrogens with one attached hydrogen (secondary N) is 2. The Bertz CT molecular complexity index is 423. The topological polar surface area (TPSA) is 95.1 Å². The first-order valence-electron chi connectivity index (χ1n) is 5.13. The van der Waals surface area contributed by atoms with E-state index in [1.54, 1.807) is 6.92 Å². The molecule has 6 heteroatoms. The molecule has 1 aliphatic rings. The molecule has 0 bridgehead atoms. The van der Waals surface area contributed by atoms with Crippen molar-refractivity contribution in [1.82, 2.24) is 15.5 Å². The van der Waals surface area contributed by atoms with Gasteiger partial charge in [0.2, 0.25) is 0 Å². The third kappa shape index (κ3) is 2.05. The van der Waals surface area contributed by atoms with E-state index in [0.29, 0.717) is 11.3 Å². The fraction of sp³-hybridized carbons (Fsp3) is 0.500. The first kappa shape index (κ1) is 10.7. The molecule has 1 amide bonds. The van der Waals surface area contributed by atoms with Crippen LogP contribution in [-0.4, -0.2) is 33.2 Å². The lowest BCUT2D eigenvalue weighted by molar-refractivity contribution is -0.139. The van der Waals surface area contributed by atoms with Crippen LogP contribution < -0.4 is 5.32 Å². The Morgan fingerprint density at radius 2 is 2.31 bits per heavy atom. The summed E-state index contributed by atoms with van der Waals surface area (Å²) in [4.78, 5) is 22.7. The number of hydrogen-bond donors (Lipinski definition) is 3. The molecular weight excluding hydrogens is 210 g/mol. The number of aliphatic carboxylic acids is 1. The van der Waals surface area contributed by atoms with Gasteiger partial charge in [0, 0.05) is 5.69 Å². The standard InChI is InChI=1S/C10H13N3O3/c1-5-7(4-11-13-5)9(14)12-8(10(15)16)6-2-3-6/h4,6,8H,2-3H2,1H3,(H,11,13)(H,12,14)(H,15,16). The highest BCUT2D eigenvalue weighted by Crippen LogP contribution is 2.32. The van der Waals surface area contributed by atoms with Crippen LogP contribution in [0, 0.1) is 12.8 Å². The molecule has 3 N–H and O–H groups in total. The molecule has 1 unspecified atom stereocenters. The smallest absolute Gasteiger partial charge is 0.326 e. The highest BCUT2D eigenvalue weighted by Gasteiger charge is 2.37. The zero-order valence-electron chi connectivity index (χ0n) is 8.86. The van der Waals surface area contributed by atoms with Crippen molar-refractivity contribution in [2.45, 2.75) is 25.8 Å². The van der Waals surface area contributed by atoms with Gasteiger partial charge in [-0.3, -0.25) is 9.89 Å². The molecule has 0 aromatic carbocycles. The molecule has 6 nitrogen and oxygen atoms in total. The molecule has 1 heterocycles. The van der Waals surface area contributed by atoms with E-state index in [1.807, 2.05) is 0 Å². The molecule has 0 spiro atoms. The van der Waals surface area contributed by atoms with Crippen LogP contribution in [0.4, 0.5) is 0 Å². The number of carbonyl (C=O) groups is 2. The maximum absolute atomic E-state index is 11.7. The van der Waals surface area contributed by atoms with Crippen molar-refractivity contribution in [3.63, 3.8) is 0 Å². The van der Waals surface area contributed by atoms with Crippen LogP contribution in [0.3, 0.4) is 0 Å². The Labute approximate surface area is 92.0 Å². The highest BCUT2D eigenvalue weighted by atomic mass is 16.4. The molecule has 0 aliphatic heterocycles. The van der Waals surface area contributed by atoms with Crippen molar-refractivity contribution in [1.29, 1.82) is 0 Å². The van der Waals surface area contributed by atoms with Crippen molar-refractivity contribution in [2.75, 3.05) is 0 Å². The van der Waals surface area contributed by atoms with E-state index in [1.165, 1.54) is 6.20 Å². The van der Waals surface area contributed by atoms with Gasteiger partial charge in [0.25, 0.3) is 5.91 Å². The Morgan fingerprint density at radius 1 is 1.62 bits per heavy atom. The number of H-pyrrole nitrogens is 1. The van der Waals surface area contributed by atoms with Crippen molar-refractivity contribution >= 4 is 11.9 Å². The van der Waals surface area contributed by atoms with Crippen LogP contribution in [0.1, 0.15) is 28.9 Å². The molecule has 0 radical (unpaired) electrons. The summed E-state index contributed by atoms with van der Waals surface area (Å²) < 4.78 is 0. The number of nitrogens with zero attached hydrogens (tertiary/aromatic N) is 1. The van der Waals surface area contributed by atoms with Crippen molar-refractivity contribution in [2.24, 2.45) is 5.92 Å². The number of rotatable bonds is 4. The first-order chi connectivity index (χ1) is 7.59. The number of carboxylic acids is 1. The number of aromatic nitrogens is 2. The minimum absolute atomic E-state index is 0.0775. The van der Waals surface area contributed by atoms with Gasteiger partial charge >= 0.3 is 5.97 Å². The molecule has 1 fully saturated rings. The highest BCUT2D eigenvalue weighted by molar-refractivity contribution is 5.97.